The third-order valence-corrected chi connectivity index (χ3v) is 2.01. The number of carbonyl (C=O) groups excluding carboxylic acids is 2. The topological polar surface area (TPSA) is 106 Å². The van der Waals surface area contributed by atoms with Gasteiger partial charge in [0.25, 0.3) is 0 Å². The number of amides is 2. The summed E-state index contributed by atoms with van der Waals surface area (Å²) in [4.78, 5) is 22.1. The number of hydrogen-bond donors (Lipinski definition) is 2. The Kier molecular flexibility index (Phi) is 6.35. The standard InChI is InChI=1S/C11H16N4O2/c1-11(2,7-14-9(16)3-5-12)8-15-10(17)4-6-13/h3-4,7-8H2,1-2H3,(H,14,16)(H,15,17). The molecule has 6 heteroatoms. The van der Waals surface area contributed by atoms with Crippen LogP contribution in [0.25, 0.3) is 0 Å². The van der Waals surface area contributed by atoms with Gasteiger partial charge in [0.05, 0.1) is 12.1 Å². The molecule has 6 nitrogen and oxygen atoms in total. The van der Waals surface area contributed by atoms with Gasteiger partial charge >= 0.3 is 0 Å². The highest BCUT2D eigenvalue weighted by atomic mass is 16.2. The van der Waals surface area contributed by atoms with E-state index in [0.717, 1.165) is 0 Å². The zero-order chi connectivity index (χ0) is 13.3. The molecule has 0 aromatic carbocycles. The molecule has 0 bridgehead atoms. The summed E-state index contributed by atoms with van der Waals surface area (Å²) in [6.45, 7) is 4.46. The Morgan fingerprint density at radius 2 is 1.35 bits per heavy atom. The molecule has 0 aliphatic carbocycles. The number of nitriles is 2. The van der Waals surface area contributed by atoms with E-state index in [1.165, 1.54) is 0 Å². The molecule has 0 spiro atoms. The Bertz CT molecular complexity index is 329. The molecular weight excluding hydrogens is 220 g/mol. The summed E-state index contributed by atoms with van der Waals surface area (Å²) in [5, 5.41) is 21.8. The average molecular weight is 236 g/mol. The lowest BCUT2D eigenvalue weighted by Crippen LogP contribution is -2.41. The number of nitrogens with one attached hydrogen (secondary N) is 2. The van der Waals surface area contributed by atoms with Crippen LogP contribution in [0, 0.1) is 28.1 Å². The summed E-state index contributed by atoms with van der Waals surface area (Å²) in [5.74, 6) is -0.659. The molecular formula is C11H16N4O2. The molecule has 0 aromatic heterocycles. The minimum absolute atomic E-state index is 0.170. The smallest absolute Gasteiger partial charge is 0.234 e. The fraction of sp³-hybridized carbons (Fsp3) is 0.636. The van der Waals surface area contributed by atoms with E-state index in [9.17, 15) is 9.59 Å². The Hall–Kier alpha value is -2.08. The van der Waals surface area contributed by atoms with Gasteiger partial charge in [0.2, 0.25) is 11.8 Å². The van der Waals surface area contributed by atoms with Gasteiger partial charge in [-0.3, -0.25) is 9.59 Å². The van der Waals surface area contributed by atoms with Crippen LogP contribution >= 0.6 is 0 Å². The number of nitrogens with zero attached hydrogens (tertiary/aromatic N) is 2. The van der Waals surface area contributed by atoms with Crippen molar-refractivity contribution < 1.29 is 9.59 Å². The molecule has 0 aliphatic rings. The highest BCUT2D eigenvalue weighted by molar-refractivity contribution is 5.78. The molecule has 0 rings (SSSR count). The number of carbonyl (C=O) groups is 2. The molecule has 0 aromatic rings. The molecule has 0 saturated heterocycles. The third-order valence-electron chi connectivity index (χ3n) is 2.01. The summed E-state index contributed by atoms with van der Waals surface area (Å²) in [5.41, 5.74) is -0.323. The minimum atomic E-state index is -0.330. The number of hydrogen-bond acceptors (Lipinski definition) is 4. The molecule has 0 aliphatic heterocycles. The van der Waals surface area contributed by atoms with Gasteiger partial charge in [-0.15, -0.1) is 0 Å². The van der Waals surface area contributed by atoms with Crippen molar-refractivity contribution in [3.63, 3.8) is 0 Å². The van der Waals surface area contributed by atoms with Crippen LogP contribution in [0.5, 0.6) is 0 Å². The zero-order valence-electron chi connectivity index (χ0n) is 10.0. The van der Waals surface area contributed by atoms with Crippen molar-refractivity contribution in [2.75, 3.05) is 13.1 Å². The first kappa shape index (κ1) is 14.9. The quantitative estimate of drug-likeness (QED) is 0.680. The van der Waals surface area contributed by atoms with E-state index in [1.54, 1.807) is 12.1 Å². The van der Waals surface area contributed by atoms with Crippen LogP contribution < -0.4 is 10.6 Å². The van der Waals surface area contributed by atoms with E-state index in [1.807, 2.05) is 13.8 Å². The summed E-state index contributed by atoms with van der Waals surface area (Å²) >= 11 is 0. The van der Waals surface area contributed by atoms with Crippen molar-refractivity contribution in [1.29, 1.82) is 10.5 Å². The van der Waals surface area contributed by atoms with Gasteiger partial charge in [0.15, 0.2) is 0 Å². The zero-order valence-corrected chi connectivity index (χ0v) is 10.0. The molecule has 0 unspecified atom stereocenters. The van der Waals surface area contributed by atoms with Crippen molar-refractivity contribution in [2.45, 2.75) is 26.7 Å². The second kappa shape index (κ2) is 7.24. The van der Waals surface area contributed by atoms with Gasteiger partial charge in [0, 0.05) is 13.1 Å². The van der Waals surface area contributed by atoms with Crippen molar-refractivity contribution in [1.82, 2.24) is 10.6 Å². The molecule has 0 radical (unpaired) electrons. The van der Waals surface area contributed by atoms with Gasteiger partial charge in [-0.2, -0.15) is 10.5 Å². The summed E-state index contributed by atoms with van der Waals surface area (Å²) in [7, 11) is 0. The second-order valence-corrected chi connectivity index (χ2v) is 4.39. The Morgan fingerprint density at radius 3 is 1.65 bits per heavy atom. The maximum absolute atomic E-state index is 11.1. The van der Waals surface area contributed by atoms with Gasteiger partial charge in [-0.1, -0.05) is 13.8 Å². The van der Waals surface area contributed by atoms with Crippen LogP contribution in [0.15, 0.2) is 0 Å². The normalized spacial score (nSPS) is 9.88. The van der Waals surface area contributed by atoms with Crippen molar-refractivity contribution in [3.8, 4) is 12.1 Å². The Labute approximate surface area is 101 Å². The van der Waals surface area contributed by atoms with Crippen LogP contribution in [-0.4, -0.2) is 24.9 Å². The maximum Gasteiger partial charge on any atom is 0.234 e. The van der Waals surface area contributed by atoms with Gasteiger partial charge in [0.1, 0.15) is 12.8 Å². The monoisotopic (exact) mass is 236 g/mol. The van der Waals surface area contributed by atoms with E-state index >= 15 is 0 Å². The molecule has 92 valence electrons. The number of rotatable bonds is 6. The van der Waals surface area contributed by atoms with Gasteiger partial charge in [-0.05, 0) is 5.41 Å². The molecule has 2 N–H and O–H groups in total. The van der Waals surface area contributed by atoms with E-state index < -0.39 is 0 Å². The summed E-state index contributed by atoms with van der Waals surface area (Å²) in [6, 6.07) is 3.51. The van der Waals surface area contributed by atoms with Gasteiger partial charge < -0.3 is 10.6 Å². The maximum atomic E-state index is 11.1. The highest BCUT2D eigenvalue weighted by Gasteiger charge is 2.19. The van der Waals surface area contributed by atoms with Crippen LogP contribution in [-0.2, 0) is 9.59 Å². The SMILES string of the molecule is CC(C)(CNC(=O)CC#N)CNC(=O)CC#N. The summed E-state index contributed by atoms with van der Waals surface area (Å²) in [6.07, 6.45) is -0.340. The van der Waals surface area contributed by atoms with Crippen molar-refractivity contribution in [2.24, 2.45) is 5.41 Å². The first-order valence-electron chi connectivity index (χ1n) is 5.18. The average Bonchev–Trinajstić information content (AvgIpc) is 2.25. The van der Waals surface area contributed by atoms with E-state index in [4.69, 9.17) is 10.5 Å². The Balaban J connectivity index is 3.96. The molecule has 2 amide bonds. The Morgan fingerprint density at radius 1 is 1.00 bits per heavy atom. The van der Waals surface area contributed by atoms with Gasteiger partial charge in [-0.25, -0.2) is 0 Å². The summed E-state index contributed by atoms with van der Waals surface area (Å²) < 4.78 is 0. The molecule has 0 saturated carbocycles. The van der Waals surface area contributed by atoms with Crippen molar-refractivity contribution >= 4 is 11.8 Å². The first-order chi connectivity index (χ1) is 7.91. The molecule has 17 heavy (non-hydrogen) atoms. The molecule has 0 fully saturated rings. The van der Waals surface area contributed by atoms with Crippen LogP contribution in [0.1, 0.15) is 26.7 Å². The predicted molar refractivity (Wildman–Crippen MR) is 60.3 cm³/mol. The van der Waals surface area contributed by atoms with E-state index in [0.29, 0.717) is 13.1 Å². The van der Waals surface area contributed by atoms with E-state index in [-0.39, 0.29) is 30.1 Å². The van der Waals surface area contributed by atoms with E-state index in [2.05, 4.69) is 10.6 Å². The van der Waals surface area contributed by atoms with Crippen LogP contribution in [0.3, 0.4) is 0 Å². The lowest BCUT2D eigenvalue weighted by Gasteiger charge is -2.24. The molecule has 0 heterocycles. The first-order valence-corrected chi connectivity index (χ1v) is 5.18. The van der Waals surface area contributed by atoms with Crippen molar-refractivity contribution in [3.05, 3.63) is 0 Å². The second-order valence-electron chi connectivity index (χ2n) is 4.39. The molecule has 0 atom stereocenters. The lowest BCUT2D eigenvalue weighted by atomic mass is 9.93. The fourth-order valence-corrected chi connectivity index (χ4v) is 1.01. The van der Waals surface area contributed by atoms with Crippen LogP contribution in [0.2, 0.25) is 0 Å². The lowest BCUT2D eigenvalue weighted by molar-refractivity contribution is -0.120. The van der Waals surface area contributed by atoms with Crippen LogP contribution in [0.4, 0.5) is 0 Å². The minimum Gasteiger partial charge on any atom is -0.355 e. The fourth-order valence-electron chi connectivity index (χ4n) is 1.01. The highest BCUT2D eigenvalue weighted by Crippen LogP contribution is 2.11. The largest absolute Gasteiger partial charge is 0.355 e. The predicted octanol–water partition coefficient (Wildman–Crippen LogP) is 0.0724. The third kappa shape index (κ3) is 7.80.